The predicted molar refractivity (Wildman–Crippen MR) is 40.1 cm³/mol. The number of halogens is 2. The Bertz CT molecular complexity index is 242. The fraction of sp³-hybridized carbons (Fsp3) is 0.714. The molecule has 0 aliphatic rings. The molecule has 0 spiro atoms. The van der Waals surface area contributed by atoms with Crippen molar-refractivity contribution in [3.8, 4) is 0 Å². The predicted octanol–water partition coefficient (Wildman–Crippen LogP) is 2.11. The van der Waals surface area contributed by atoms with Gasteiger partial charge in [0.2, 0.25) is 0 Å². The molecular weight excluding hydrogens is 164 g/mol. The SMILES string of the molecule is Cc1c(C(C)C)nnn1C(F)F. The zero-order valence-corrected chi connectivity index (χ0v) is 7.25. The summed E-state index contributed by atoms with van der Waals surface area (Å²) in [6.45, 7) is 2.80. The van der Waals surface area contributed by atoms with Gasteiger partial charge in [0, 0.05) is 0 Å². The molecule has 12 heavy (non-hydrogen) atoms. The lowest BCUT2D eigenvalue weighted by Crippen LogP contribution is -2.03. The van der Waals surface area contributed by atoms with Gasteiger partial charge in [0.05, 0.1) is 11.4 Å². The molecule has 0 saturated carbocycles. The van der Waals surface area contributed by atoms with Crippen molar-refractivity contribution in [1.29, 1.82) is 0 Å². The van der Waals surface area contributed by atoms with Gasteiger partial charge in [-0.3, -0.25) is 0 Å². The maximum Gasteiger partial charge on any atom is 0.334 e. The smallest absolute Gasteiger partial charge is 0.188 e. The lowest BCUT2D eigenvalue weighted by molar-refractivity contribution is 0.0524. The minimum Gasteiger partial charge on any atom is -0.188 e. The highest BCUT2D eigenvalue weighted by Crippen LogP contribution is 2.19. The van der Waals surface area contributed by atoms with Crippen LogP contribution in [0, 0.1) is 6.92 Å². The molecule has 68 valence electrons. The summed E-state index contributed by atoms with van der Waals surface area (Å²) in [5, 5.41) is 7.02. The first-order valence-electron chi connectivity index (χ1n) is 3.74. The van der Waals surface area contributed by atoms with E-state index in [2.05, 4.69) is 10.3 Å². The summed E-state index contributed by atoms with van der Waals surface area (Å²) >= 11 is 0. The van der Waals surface area contributed by atoms with E-state index in [9.17, 15) is 8.78 Å². The Morgan fingerprint density at radius 1 is 1.33 bits per heavy atom. The fourth-order valence-corrected chi connectivity index (χ4v) is 1.07. The van der Waals surface area contributed by atoms with Gasteiger partial charge < -0.3 is 0 Å². The number of nitrogens with zero attached hydrogens (tertiary/aromatic N) is 3. The number of aromatic nitrogens is 3. The van der Waals surface area contributed by atoms with Crippen LogP contribution in [0.3, 0.4) is 0 Å². The molecule has 0 radical (unpaired) electrons. The van der Waals surface area contributed by atoms with Crippen LogP contribution in [0.15, 0.2) is 0 Å². The van der Waals surface area contributed by atoms with Gasteiger partial charge in [-0.25, -0.2) is 0 Å². The van der Waals surface area contributed by atoms with Gasteiger partial charge in [-0.05, 0) is 12.8 Å². The summed E-state index contributed by atoms with van der Waals surface area (Å²) in [5.74, 6) is 0.137. The van der Waals surface area contributed by atoms with Crippen LogP contribution < -0.4 is 0 Å². The fourth-order valence-electron chi connectivity index (χ4n) is 1.07. The van der Waals surface area contributed by atoms with Crippen molar-refractivity contribution in [2.75, 3.05) is 0 Å². The Morgan fingerprint density at radius 3 is 2.17 bits per heavy atom. The van der Waals surface area contributed by atoms with Crippen molar-refractivity contribution in [3.05, 3.63) is 11.4 Å². The molecule has 1 aromatic heterocycles. The van der Waals surface area contributed by atoms with Gasteiger partial charge in [-0.1, -0.05) is 19.1 Å². The second-order valence-corrected chi connectivity index (χ2v) is 2.94. The van der Waals surface area contributed by atoms with Crippen LogP contribution in [-0.4, -0.2) is 15.0 Å². The molecule has 5 heteroatoms. The number of rotatable bonds is 2. The molecule has 0 aliphatic heterocycles. The van der Waals surface area contributed by atoms with Crippen LogP contribution in [0.25, 0.3) is 0 Å². The van der Waals surface area contributed by atoms with E-state index in [1.165, 1.54) is 0 Å². The van der Waals surface area contributed by atoms with Crippen molar-refractivity contribution < 1.29 is 8.78 Å². The topological polar surface area (TPSA) is 30.7 Å². The van der Waals surface area contributed by atoms with Crippen molar-refractivity contribution in [2.45, 2.75) is 33.2 Å². The minimum atomic E-state index is -2.59. The van der Waals surface area contributed by atoms with Gasteiger partial charge >= 0.3 is 6.55 Å². The standard InChI is InChI=1S/C7H11F2N3/c1-4(2)6-5(3)12(7(8)9)11-10-6/h4,7H,1-3H3. The summed E-state index contributed by atoms with van der Waals surface area (Å²) in [5.41, 5.74) is 1.08. The van der Waals surface area contributed by atoms with Crippen molar-refractivity contribution in [3.63, 3.8) is 0 Å². The Kier molecular flexibility index (Phi) is 2.40. The van der Waals surface area contributed by atoms with E-state index >= 15 is 0 Å². The summed E-state index contributed by atoms with van der Waals surface area (Å²) in [6, 6.07) is 0. The second-order valence-electron chi connectivity index (χ2n) is 2.94. The Labute approximate surface area is 69.4 Å². The van der Waals surface area contributed by atoms with Gasteiger partial charge in [-0.2, -0.15) is 13.5 Å². The Hall–Kier alpha value is -1.00. The van der Waals surface area contributed by atoms with Crippen LogP contribution >= 0.6 is 0 Å². The number of alkyl halides is 2. The first-order valence-corrected chi connectivity index (χ1v) is 3.74. The third-order valence-electron chi connectivity index (χ3n) is 1.69. The van der Waals surface area contributed by atoms with Gasteiger partial charge in [0.1, 0.15) is 0 Å². The van der Waals surface area contributed by atoms with E-state index in [1.54, 1.807) is 6.92 Å². The van der Waals surface area contributed by atoms with Crippen LogP contribution in [0.1, 0.15) is 37.7 Å². The van der Waals surface area contributed by atoms with Crippen molar-refractivity contribution in [2.24, 2.45) is 0 Å². The zero-order valence-electron chi connectivity index (χ0n) is 7.25. The monoisotopic (exact) mass is 175 g/mol. The molecule has 0 aromatic carbocycles. The lowest BCUT2D eigenvalue weighted by Gasteiger charge is -2.02. The highest BCUT2D eigenvalue weighted by atomic mass is 19.3. The Morgan fingerprint density at radius 2 is 1.92 bits per heavy atom. The summed E-state index contributed by atoms with van der Waals surface area (Å²) in [7, 11) is 0. The molecule has 0 bridgehead atoms. The van der Waals surface area contributed by atoms with Crippen molar-refractivity contribution in [1.82, 2.24) is 15.0 Å². The Balaban J connectivity index is 3.04. The average Bonchev–Trinajstić information content (AvgIpc) is 2.30. The third kappa shape index (κ3) is 1.44. The maximum atomic E-state index is 12.2. The lowest BCUT2D eigenvalue weighted by atomic mass is 10.1. The first-order chi connectivity index (χ1) is 5.54. The van der Waals surface area contributed by atoms with Crippen LogP contribution in [-0.2, 0) is 0 Å². The van der Waals surface area contributed by atoms with Gasteiger partial charge in [0.25, 0.3) is 0 Å². The largest absolute Gasteiger partial charge is 0.334 e. The van der Waals surface area contributed by atoms with E-state index in [1.807, 2.05) is 13.8 Å². The molecule has 0 fully saturated rings. The molecular formula is C7H11F2N3. The van der Waals surface area contributed by atoms with E-state index in [0.29, 0.717) is 16.1 Å². The molecule has 0 N–H and O–H groups in total. The first kappa shape index (κ1) is 9.09. The molecule has 0 atom stereocenters. The quantitative estimate of drug-likeness (QED) is 0.689. The number of hydrogen-bond donors (Lipinski definition) is 0. The molecule has 0 aliphatic carbocycles. The van der Waals surface area contributed by atoms with Crippen LogP contribution in [0.4, 0.5) is 8.78 Å². The summed E-state index contributed by atoms with van der Waals surface area (Å²) in [4.78, 5) is 0. The summed E-state index contributed by atoms with van der Waals surface area (Å²) < 4.78 is 25.0. The van der Waals surface area contributed by atoms with E-state index < -0.39 is 6.55 Å². The molecule has 0 saturated heterocycles. The van der Waals surface area contributed by atoms with Gasteiger partial charge in [0.15, 0.2) is 0 Å². The molecule has 3 nitrogen and oxygen atoms in total. The molecule has 0 unspecified atom stereocenters. The molecule has 1 rings (SSSR count). The zero-order chi connectivity index (χ0) is 9.30. The average molecular weight is 175 g/mol. The normalized spacial score (nSPS) is 11.6. The van der Waals surface area contributed by atoms with E-state index in [4.69, 9.17) is 0 Å². The molecule has 1 aromatic rings. The van der Waals surface area contributed by atoms with Crippen LogP contribution in [0.5, 0.6) is 0 Å². The molecule has 1 heterocycles. The second kappa shape index (κ2) is 3.16. The highest BCUT2D eigenvalue weighted by molar-refractivity contribution is 5.11. The van der Waals surface area contributed by atoms with Crippen molar-refractivity contribution >= 4 is 0 Å². The highest BCUT2D eigenvalue weighted by Gasteiger charge is 2.16. The molecule has 0 amide bonds. The van der Waals surface area contributed by atoms with E-state index in [-0.39, 0.29) is 5.92 Å². The maximum absolute atomic E-state index is 12.2. The third-order valence-corrected chi connectivity index (χ3v) is 1.69. The van der Waals surface area contributed by atoms with Crippen LogP contribution in [0.2, 0.25) is 0 Å². The minimum absolute atomic E-state index is 0.137. The van der Waals surface area contributed by atoms with E-state index in [0.717, 1.165) is 0 Å². The van der Waals surface area contributed by atoms with Gasteiger partial charge in [-0.15, -0.1) is 5.10 Å². The number of hydrogen-bond acceptors (Lipinski definition) is 2. The summed E-state index contributed by atoms with van der Waals surface area (Å²) in [6.07, 6.45) is 0.